The molecule has 1 aliphatic rings. The van der Waals surface area contributed by atoms with Crippen LogP contribution in [0.25, 0.3) is 0 Å². The van der Waals surface area contributed by atoms with Crippen molar-refractivity contribution in [1.82, 2.24) is 10.2 Å². The van der Waals surface area contributed by atoms with Crippen molar-refractivity contribution >= 4 is 5.91 Å². The number of hydrogen-bond acceptors (Lipinski definition) is 3. The number of piperidine rings is 1. The van der Waals surface area contributed by atoms with E-state index in [1.165, 1.54) is 12.8 Å². The van der Waals surface area contributed by atoms with Crippen LogP contribution in [-0.2, 0) is 11.3 Å². The van der Waals surface area contributed by atoms with Gasteiger partial charge in [-0.05, 0) is 43.0 Å². The van der Waals surface area contributed by atoms with E-state index in [0.29, 0.717) is 18.7 Å². The SMILES string of the molecule is COCc1cccc(C(=O)NCCN2CCCC(C)C2)c1. The van der Waals surface area contributed by atoms with Gasteiger partial charge in [0.2, 0.25) is 0 Å². The molecule has 21 heavy (non-hydrogen) atoms. The lowest BCUT2D eigenvalue weighted by atomic mass is 10.0. The number of amides is 1. The molecule has 1 heterocycles. The fraction of sp³-hybridized carbons (Fsp3) is 0.588. The molecule has 0 spiro atoms. The summed E-state index contributed by atoms with van der Waals surface area (Å²) in [6.45, 7) is 6.79. The number of carbonyl (C=O) groups excluding carboxylic acids is 1. The van der Waals surface area contributed by atoms with Crippen LogP contribution in [0.2, 0.25) is 0 Å². The minimum atomic E-state index is -0.00184. The molecule has 2 rings (SSSR count). The number of nitrogens with zero attached hydrogens (tertiary/aromatic N) is 1. The van der Waals surface area contributed by atoms with Gasteiger partial charge in [0, 0.05) is 32.3 Å². The van der Waals surface area contributed by atoms with Crippen molar-refractivity contribution in [2.75, 3.05) is 33.3 Å². The van der Waals surface area contributed by atoms with E-state index in [2.05, 4.69) is 17.1 Å². The molecule has 0 bridgehead atoms. The van der Waals surface area contributed by atoms with Gasteiger partial charge in [0.1, 0.15) is 0 Å². The van der Waals surface area contributed by atoms with Gasteiger partial charge in [-0.3, -0.25) is 4.79 Å². The molecule has 1 fully saturated rings. The highest BCUT2D eigenvalue weighted by molar-refractivity contribution is 5.94. The Balaban J connectivity index is 1.77. The van der Waals surface area contributed by atoms with Crippen molar-refractivity contribution in [3.8, 4) is 0 Å². The second-order valence-corrected chi connectivity index (χ2v) is 5.94. The van der Waals surface area contributed by atoms with Gasteiger partial charge in [0.25, 0.3) is 5.91 Å². The molecule has 1 N–H and O–H groups in total. The molecular formula is C17H26N2O2. The minimum absolute atomic E-state index is 0.00184. The Morgan fingerprint density at radius 3 is 3.10 bits per heavy atom. The first-order valence-corrected chi connectivity index (χ1v) is 7.77. The van der Waals surface area contributed by atoms with Crippen LogP contribution < -0.4 is 5.32 Å². The number of rotatable bonds is 6. The lowest BCUT2D eigenvalue weighted by molar-refractivity contribution is 0.0943. The first-order valence-electron chi connectivity index (χ1n) is 7.77. The van der Waals surface area contributed by atoms with Crippen LogP contribution in [0.1, 0.15) is 35.7 Å². The number of benzene rings is 1. The highest BCUT2D eigenvalue weighted by Crippen LogP contribution is 2.14. The summed E-state index contributed by atoms with van der Waals surface area (Å²) >= 11 is 0. The average molecular weight is 290 g/mol. The second-order valence-electron chi connectivity index (χ2n) is 5.94. The number of carbonyl (C=O) groups is 1. The van der Waals surface area contributed by atoms with E-state index >= 15 is 0 Å². The number of methoxy groups -OCH3 is 1. The molecule has 0 radical (unpaired) electrons. The Morgan fingerprint density at radius 2 is 2.33 bits per heavy atom. The molecule has 0 aromatic heterocycles. The molecule has 1 saturated heterocycles. The van der Waals surface area contributed by atoms with Crippen molar-refractivity contribution in [3.63, 3.8) is 0 Å². The largest absolute Gasteiger partial charge is 0.380 e. The lowest BCUT2D eigenvalue weighted by Crippen LogP contribution is -2.40. The molecule has 116 valence electrons. The Bertz CT molecular complexity index is 462. The van der Waals surface area contributed by atoms with Gasteiger partial charge in [0.15, 0.2) is 0 Å². The molecule has 0 saturated carbocycles. The summed E-state index contributed by atoms with van der Waals surface area (Å²) in [5.41, 5.74) is 1.73. The van der Waals surface area contributed by atoms with Crippen LogP contribution in [0.15, 0.2) is 24.3 Å². The molecular weight excluding hydrogens is 264 g/mol. The van der Waals surface area contributed by atoms with E-state index in [-0.39, 0.29) is 5.91 Å². The van der Waals surface area contributed by atoms with Gasteiger partial charge in [-0.25, -0.2) is 0 Å². The maximum absolute atomic E-state index is 12.1. The minimum Gasteiger partial charge on any atom is -0.380 e. The summed E-state index contributed by atoms with van der Waals surface area (Å²) in [4.78, 5) is 14.6. The van der Waals surface area contributed by atoms with Crippen LogP contribution in [0, 0.1) is 5.92 Å². The highest BCUT2D eigenvalue weighted by Gasteiger charge is 2.15. The fourth-order valence-electron chi connectivity index (χ4n) is 2.89. The molecule has 0 aliphatic carbocycles. The third-order valence-electron chi connectivity index (χ3n) is 3.95. The number of ether oxygens (including phenoxy) is 1. The zero-order valence-electron chi connectivity index (χ0n) is 13.1. The summed E-state index contributed by atoms with van der Waals surface area (Å²) in [6.07, 6.45) is 2.60. The Kier molecular flexibility index (Phi) is 6.21. The maximum atomic E-state index is 12.1. The van der Waals surface area contributed by atoms with E-state index in [9.17, 15) is 4.79 Å². The van der Waals surface area contributed by atoms with E-state index in [1.807, 2.05) is 24.3 Å². The Labute approximate surface area is 127 Å². The summed E-state index contributed by atoms with van der Waals surface area (Å²) in [7, 11) is 1.66. The monoisotopic (exact) mass is 290 g/mol. The topological polar surface area (TPSA) is 41.6 Å². The molecule has 1 aliphatic heterocycles. The van der Waals surface area contributed by atoms with Crippen molar-refractivity contribution in [3.05, 3.63) is 35.4 Å². The van der Waals surface area contributed by atoms with Gasteiger partial charge >= 0.3 is 0 Å². The quantitative estimate of drug-likeness (QED) is 0.874. The van der Waals surface area contributed by atoms with Crippen LogP contribution in [0.3, 0.4) is 0 Å². The highest BCUT2D eigenvalue weighted by atomic mass is 16.5. The van der Waals surface area contributed by atoms with Gasteiger partial charge in [-0.1, -0.05) is 19.1 Å². The number of hydrogen-bond donors (Lipinski definition) is 1. The first-order chi connectivity index (χ1) is 10.2. The predicted octanol–water partition coefficient (Wildman–Crippen LogP) is 2.29. The Hall–Kier alpha value is -1.39. The number of nitrogens with one attached hydrogen (secondary N) is 1. The van der Waals surface area contributed by atoms with Crippen LogP contribution >= 0.6 is 0 Å². The summed E-state index contributed by atoms with van der Waals surface area (Å²) < 4.78 is 5.09. The first kappa shape index (κ1) is 16.0. The van der Waals surface area contributed by atoms with Crippen LogP contribution in [-0.4, -0.2) is 44.1 Å². The maximum Gasteiger partial charge on any atom is 0.251 e. The van der Waals surface area contributed by atoms with Crippen molar-refractivity contribution in [2.24, 2.45) is 5.92 Å². The molecule has 1 unspecified atom stereocenters. The molecule has 1 atom stereocenters. The van der Waals surface area contributed by atoms with E-state index in [4.69, 9.17) is 4.74 Å². The smallest absolute Gasteiger partial charge is 0.251 e. The van der Waals surface area contributed by atoms with Gasteiger partial charge in [-0.2, -0.15) is 0 Å². The third kappa shape index (κ3) is 5.14. The van der Waals surface area contributed by atoms with E-state index in [0.717, 1.165) is 31.1 Å². The zero-order chi connectivity index (χ0) is 15.1. The van der Waals surface area contributed by atoms with Gasteiger partial charge < -0.3 is 15.0 Å². The lowest BCUT2D eigenvalue weighted by Gasteiger charge is -2.30. The third-order valence-corrected chi connectivity index (χ3v) is 3.95. The van der Waals surface area contributed by atoms with Crippen LogP contribution in [0.4, 0.5) is 0 Å². The molecule has 4 heteroatoms. The summed E-state index contributed by atoms with van der Waals surface area (Å²) in [6, 6.07) is 7.60. The molecule has 1 aromatic rings. The van der Waals surface area contributed by atoms with Crippen molar-refractivity contribution in [1.29, 1.82) is 0 Å². The van der Waals surface area contributed by atoms with Crippen molar-refractivity contribution < 1.29 is 9.53 Å². The average Bonchev–Trinajstić information content (AvgIpc) is 2.48. The summed E-state index contributed by atoms with van der Waals surface area (Å²) in [5, 5.41) is 3.01. The standard InChI is InChI=1S/C17H26N2O2/c1-14-5-4-9-19(12-14)10-8-18-17(20)16-7-3-6-15(11-16)13-21-2/h3,6-7,11,14H,4-5,8-10,12-13H2,1-2H3,(H,18,20). The second kappa shape index (κ2) is 8.15. The van der Waals surface area contributed by atoms with E-state index < -0.39 is 0 Å². The van der Waals surface area contributed by atoms with Crippen molar-refractivity contribution in [2.45, 2.75) is 26.4 Å². The molecule has 1 aromatic carbocycles. The predicted molar refractivity (Wildman–Crippen MR) is 84.3 cm³/mol. The zero-order valence-corrected chi connectivity index (χ0v) is 13.1. The van der Waals surface area contributed by atoms with E-state index in [1.54, 1.807) is 7.11 Å². The molecule has 1 amide bonds. The number of likely N-dealkylation sites (tertiary alicyclic amines) is 1. The van der Waals surface area contributed by atoms with Gasteiger partial charge in [-0.15, -0.1) is 0 Å². The fourth-order valence-corrected chi connectivity index (χ4v) is 2.89. The Morgan fingerprint density at radius 1 is 1.48 bits per heavy atom. The van der Waals surface area contributed by atoms with Gasteiger partial charge in [0.05, 0.1) is 6.61 Å². The molecule has 4 nitrogen and oxygen atoms in total. The summed E-state index contributed by atoms with van der Waals surface area (Å²) in [5.74, 6) is 0.776. The normalized spacial score (nSPS) is 19.4. The van der Waals surface area contributed by atoms with Crippen LogP contribution in [0.5, 0.6) is 0 Å².